The van der Waals surface area contributed by atoms with Crippen molar-refractivity contribution in [3.63, 3.8) is 0 Å². The second-order valence-electron chi connectivity index (χ2n) is 3.69. The molecular formula is C14H16N2. The van der Waals surface area contributed by atoms with Crippen molar-refractivity contribution in [3.8, 4) is 0 Å². The van der Waals surface area contributed by atoms with Crippen molar-refractivity contribution < 1.29 is 0 Å². The van der Waals surface area contributed by atoms with Gasteiger partial charge in [-0.05, 0) is 30.2 Å². The first-order valence-electron chi connectivity index (χ1n) is 5.62. The van der Waals surface area contributed by atoms with Crippen LogP contribution in [0.2, 0.25) is 0 Å². The Hall–Kier alpha value is -1.83. The standard InChI is InChI=1S/C14H16N2/c1-2-12-7-3-4-9-14(12)16-11-13-8-5-6-10-15-13/h3-10,16H,2,11H2,1H3. The van der Waals surface area contributed by atoms with Gasteiger partial charge in [0.25, 0.3) is 0 Å². The zero-order valence-corrected chi connectivity index (χ0v) is 9.48. The van der Waals surface area contributed by atoms with E-state index in [2.05, 4.69) is 41.5 Å². The average molecular weight is 212 g/mol. The van der Waals surface area contributed by atoms with Gasteiger partial charge in [0.15, 0.2) is 0 Å². The van der Waals surface area contributed by atoms with Gasteiger partial charge in [-0.2, -0.15) is 0 Å². The fraction of sp³-hybridized carbons (Fsp3) is 0.214. The molecule has 0 spiro atoms. The Morgan fingerprint density at radius 2 is 1.88 bits per heavy atom. The lowest BCUT2D eigenvalue weighted by atomic mass is 10.1. The fourth-order valence-corrected chi connectivity index (χ4v) is 1.69. The first kappa shape index (κ1) is 10.7. The molecule has 0 radical (unpaired) electrons. The maximum absolute atomic E-state index is 4.29. The predicted octanol–water partition coefficient (Wildman–Crippen LogP) is 3.26. The van der Waals surface area contributed by atoms with Crippen LogP contribution in [0.25, 0.3) is 0 Å². The molecule has 16 heavy (non-hydrogen) atoms. The molecule has 1 aromatic carbocycles. The molecule has 0 amide bonds. The highest BCUT2D eigenvalue weighted by atomic mass is 14.9. The van der Waals surface area contributed by atoms with Crippen LogP contribution in [0.1, 0.15) is 18.2 Å². The molecule has 0 aliphatic carbocycles. The van der Waals surface area contributed by atoms with Gasteiger partial charge < -0.3 is 5.32 Å². The van der Waals surface area contributed by atoms with Crippen molar-refractivity contribution in [1.82, 2.24) is 4.98 Å². The van der Waals surface area contributed by atoms with E-state index in [0.29, 0.717) is 0 Å². The number of aromatic nitrogens is 1. The fourth-order valence-electron chi connectivity index (χ4n) is 1.69. The van der Waals surface area contributed by atoms with Crippen LogP contribution in [0.4, 0.5) is 5.69 Å². The molecule has 1 aromatic heterocycles. The molecule has 1 N–H and O–H groups in total. The van der Waals surface area contributed by atoms with Gasteiger partial charge in [-0.15, -0.1) is 0 Å². The van der Waals surface area contributed by atoms with E-state index in [4.69, 9.17) is 0 Å². The number of nitrogens with zero attached hydrogens (tertiary/aromatic N) is 1. The highest BCUT2D eigenvalue weighted by Crippen LogP contribution is 2.15. The minimum Gasteiger partial charge on any atom is -0.379 e. The summed E-state index contributed by atoms with van der Waals surface area (Å²) in [6.07, 6.45) is 2.87. The molecular weight excluding hydrogens is 196 g/mol. The van der Waals surface area contributed by atoms with E-state index in [1.54, 1.807) is 0 Å². The van der Waals surface area contributed by atoms with Crippen LogP contribution in [-0.2, 0) is 13.0 Å². The Labute approximate surface area is 96.4 Å². The summed E-state index contributed by atoms with van der Waals surface area (Å²) >= 11 is 0. The molecule has 2 aromatic rings. The first-order chi connectivity index (χ1) is 7.90. The molecule has 0 unspecified atom stereocenters. The summed E-state index contributed by atoms with van der Waals surface area (Å²) in [6, 6.07) is 14.4. The van der Waals surface area contributed by atoms with Crippen molar-refractivity contribution in [3.05, 3.63) is 59.9 Å². The van der Waals surface area contributed by atoms with Crippen LogP contribution >= 0.6 is 0 Å². The van der Waals surface area contributed by atoms with Gasteiger partial charge in [0.2, 0.25) is 0 Å². The number of anilines is 1. The van der Waals surface area contributed by atoms with Crippen LogP contribution in [0, 0.1) is 0 Å². The zero-order valence-electron chi connectivity index (χ0n) is 9.48. The molecule has 82 valence electrons. The second kappa shape index (κ2) is 5.31. The number of pyridine rings is 1. The third kappa shape index (κ3) is 2.60. The number of nitrogens with one attached hydrogen (secondary N) is 1. The maximum atomic E-state index is 4.29. The zero-order chi connectivity index (χ0) is 11.2. The topological polar surface area (TPSA) is 24.9 Å². The molecule has 2 rings (SSSR count). The minimum atomic E-state index is 0.776. The summed E-state index contributed by atoms with van der Waals surface area (Å²) in [4.78, 5) is 4.29. The number of rotatable bonds is 4. The average Bonchev–Trinajstić information content (AvgIpc) is 2.38. The van der Waals surface area contributed by atoms with Crippen LogP contribution in [-0.4, -0.2) is 4.98 Å². The van der Waals surface area contributed by atoms with Gasteiger partial charge in [-0.25, -0.2) is 0 Å². The summed E-state index contributed by atoms with van der Waals surface area (Å²) in [5.74, 6) is 0. The van der Waals surface area contributed by atoms with Gasteiger partial charge in [-0.1, -0.05) is 31.2 Å². The van der Waals surface area contributed by atoms with Crippen molar-refractivity contribution in [2.75, 3.05) is 5.32 Å². The Morgan fingerprint density at radius 1 is 1.06 bits per heavy atom. The molecule has 0 aliphatic heterocycles. The van der Waals surface area contributed by atoms with Gasteiger partial charge in [0, 0.05) is 11.9 Å². The maximum Gasteiger partial charge on any atom is 0.0594 e. The molecule has 0 saturated carbocycles. The summed E-state index contributed by atoms with van der Waals surface area (Å²) < 4.78 is 0. The number of hydrogen-bond donors (Lipinski definition) is 1. The van der Waals surface area contributed by atoms with E-state index in [0.717, 1.165) is 18.7 Å². The Kier molecular flexibility index (Phi) is 3.54. The normalized spacial score (nSPS) is 10.1. The molecule has 2 heteroatoms. The van der Waals surface area contributed by atoms with Crippen LogP contribution in [0.15, 0.2) is 48.7 Å². The molecule has 0 bridgehead atoms. The monoisotopic (exact) mass is 212 g/mol. The third-order valence-electron chi connectivity index (χ3n) is 2.58. The van der Waals surface area contributed by atoms with Crippen molar-refractivity contribution >= 4 is 5.69 Å². The summed E-state index contributed by atoms with van der Waals surface area (Å²) in [7, 11) is 0. The number of para-hydroxylation sites is 1. The lowest BCUT2D eigenvalue weighted by Gasteiger charge is -2.10. The number of benzene rings is 1. The lowest BCUT2D eigenvalue weighted by molar-refractivity contribution is 1.03. The van der Waals surface area contributed by atoms with Gasteiger partial charge in [0.1, 0.15) is 0 Å². The van der Waals surface area contributed by atoms with Gasteiger partial charge in [-0.3, -0.25) is 4.98 Å². The molecule has 0 fully saturated rings. The Bertz CT molecular complexity index is 437. The van der Waals surface area contributed by atoms with Crippen molar-refractivity contribution in [2.24, 2.45) is 0 Å². The molecule has 0 atom stereocenters. The lowest BCUT2D eigenvalue weighted by Crippen LogP contribution is -2.03. The predicted molar refractivity (Wildman–Crippen MR) is 67.4 cm³/mol. The largest absolute Gasteiger partial charge is 0.379 e. The van der Waals surface area contributed by atoms with Crippen LogP contribution in [0.3, 0.4) is 0 Å². The molecule has 0 saturated heterocycles. The number of aryl methyl sites for hydroxylation is 1. The Balaban J connectivity index is 2.05. The van der Waals surface area contributed by atoms with E-state index in [1.807, 2.05) is 24.4 Å². The summed E-state index contributed by atoms with van der Waals surface area (Å²) in [5, 5.41) is 3.42. The van der Waals surface area contributed by atoms with Gasteiger partial charge >= 0.3 is 0 Å². The van der Waals surface area contributed by atoms with E-state index in [1.165, 1.54) is 11.3 Å². The molecule has 2 nitrogen and oxygen atoms in total. The van der Waals surface area contributed by atoms with Gasteiger partial charge in [0.05, 0.1) is 12.2 Å². The van der Waals surface area contributed by atoms with Crippen LogP contribution < -0.4 is 5.32 Å². The molecule has 1 heterocycles. The smallest absolute Gasteiger partial charge is 0.0594 e. The summed E-state index contributed by atoms with van der Waals surface area (Å²) in [6.45, 7) is 2.94. The van der Waals surface area contributed by atoms with E-state index in [9.17, 15) is 0 Å². The Morgan fingerprint density at radius 3 is 2.62 bits per heavy atom. The number of hydrogen-bond acceptors (Lipinski definition) is 2. The van der Waals surface area contributed by atoms with Crippen molar-refractivity contribution in [2.45, 2.75) is 19.9 Å². The SMILES string of the molecule is CCc1ccccc1NCc1ccccn1. The summed E-state index contributed by atoms with van der Waals surface area (Å²) in [5.41, 5.74) is 3.61. The highest BCUT2D eigenvalue weighted by molar-refractivity contribution is 5.51. The third-order valence-corrected chi connectivity index (χ3v) is 2.58. The minimum absolute atomic E-state index is 0.776. The quantitative estimate of drug-likeness (QED) is 0.841. The van der Waals surface area contributed by atoms with E-state index in [-0.39, 0.29) is 0 Å². The van der Waals surface area contributed by atoms with Crippen LogP contribution in [0.5, 0.6) is 0 Å². The van der Waals surface area contributed by atoms with Crippen molar-refractivity contribution in [1.29, 1.82) is 0 Å². The first-order valence-corrected chi connectivity index (χ1v) is 5.62. The van der Waals surface area contributed by atoms with E-state index < -0.39 is 0 Å². The molecule has 0 aliphatic rings. The highest BCUT2D eigenvalue weighted by Gasteiger charge is 1.99. The van der Waals surface area contributed by atoms with E-state index >= 15 is 0 Å². The second-order valence-corrected chi connectivity index (χ2v) is 3.69.